The summed E-state index contributed by atoms with van der Waals surface area (Å²) < 4.78 is 5.23. The van der Waals surface area contributed by atoms with Crippen molar-refractivity contribution in [3.63, 3.8) is 0 Å². The Morgan fingerprint density at radius 2 is 1.82 bits per heavy atom. The lowest BCUT2D eigenvalue weighted by Crippen LogP contribution is -2.15. The second kappa shape index (κ2) is 6.76. The Morgan fingerprint density at radius 1 is 1.09 bits per heavy atom. The van der Waals surface area contributed by atoms with Gasteiger partial charge in [0.25, 0.3) is 0 Å². The van der Waals surface area contributed by atoms with E-state index in [0.717, 1.165) is 33.0 Å². The topological polar surface area (TPSA) is 86.5 Å². The molecule has 22 heavy (non-hydrogen) atoms. The highest BCUT2D eigenvalue weighted by molar-refractivity contribution is 6.08. The molecule has 1 heterocycles. The first-order valence-corrected chi connectivity index (χ1v) is 7.13. The number of amidine groups is 1. The highest BCUT2D eigenvalue weighted by atomic mass is 16.5. The maximum absolute atomic E-state index is 5.72. The molecule has 0 saturated carbocycles. The third kappa shape index (κ3) is 2.79. The van der Waals surface area contributed by atoms with Crippen molar-refractivity contribution in [3.05, 3.63) is 48.2 Å². The van der Waals surface area contributed by atoms with Crippen molar-refractivity contribution in [2.45, 2.75) is 13.8 Å². The summed E-state index contributed by atoms with van der Waals surface area (Å²) >= 11 is 0. The number of hydrazone groups is 1. The van der Waals surface area contributed by atoms with Crippen LogP contribution in [0.15, 0.2) is 47.7 Å². The molecule has 0 fully saturated rings. The quantitative estimate of drug-likeness (QED) is 0.250. The predicted octanol–water partition coefficient (Wildman–Crippen LogP) is 3.00. The van der Waals surface area contributed by atoms with Gasteiger partial charge in [-0.05, 0) is 29.7 Å². The Hall–Kier alpha value is -2.82. The van der Waals surface area contributed by atoms with Gasteiger partial charge in [-0.1, -0.05) is 26.0 Å². The van der Waals surface area contributed by atoms with Crippen LogP contribution >= 0.6 is 0 Å². The average Bonchev–Trinajstić information content (AvgIpc) is 2.61. The maximum Gasteiger partial charge on any atom is 0.150 e. The zero-order valence-electron chi connectivity index (χ0n) is 13.0. The molecule has 0 spiro atoms. The van der Waals surface area contributed by atoms with Crippen LogP contribution in [0.1, 0.15) is 19.4 Å². The summed E-state index contributed by atoms with van der Waals surface area (Å²) in [6.07, 6.45) is 1.82. The Morgan fingerprint density at radius 3 is 2.50 bits per heavy atom. The van der Waals surface area contributed by atoms with Crippen LogP contribution in [0.3, 0.4) is 0 Å². The summed E-state index contributed by atoms with van der Waals surface area (Å²) in [5.41, 5.74) is 7.33. The van der Waals surface area contributed by atoms with E-state index in [-0.39, 0.29) is 0 Å². The van der Waals surface area contributed by atoms with Crippen LogP contribution in [0.2, 0.25) is 0 Å². The number of hydrogen-bond acceptors (Lipinski definition) is 4. The largest absolute Gasteiger partial charge is 0.497 e. The van der Waals surface area contributed by atoms with Gasteiger partial charge in [-0.2, -0.15) is 5.10 Å². The summed E-state index contributed by atoms with van der Waals surface area (Å²) in [5, 5.41) is 6.70. The lowest BCUT2D eigenvalue weighted by atomic mass is 10.0. The first-order valence-electron chi connectivity index (χ1n) is 7.13. The minimum absolute atomic E-state index is 0.295. The molecule has 0 unspecified atom stereocenters. The Balaban J connectivity index is 0.000000847. The number of benzene rings is 2. The van der Waals surface area contributed by atoms with Gasteiger partial charge < -0.3 is 16.3 Å². The fourth-order valence-electron chi connectivity index (χ4n) is 2.26. The van der Waals surface area contributed by atoms with E-state index >= 15 is 0 Å². The van der Waals surface area contributed by atoms with Crippen molar-refractivity contribution in [2.75, 3.05) is 7.11 Å². The third-order valence-electron chi connectivity index (χ3n) is 3.32. The Bertz CT molecular complexity index is 827. The van der Waals surface area contributed by atoms with E-state index in [1.54, 1.807) is 7.11 Å². The molecule has 0 aliphatic carbocycles. The van der Waals surface area contributed by atoms with Crippen LogP contribution in [0.25, 0.3) is 21.7 Å². The Kier molecular flexibility index (Phi) is 4.78. The van der Waals surface area contributed by atoms with Gasteiger partial charge >= 0.3 is 0 Å². The first kappa shape index (κ1) is 15.6. The van der Waals surface area contributed by atoms with Crippen LogP contribution in [0.4, 0.5) is 0 Å². The fraction of sp³-hybridized carbons (Fsp3) is 0.176. The summed E-state index contributed by atoms with van der Waals surface area (Å²) in [4.78, 5) is 4.46. The summed E-state index contributed by atoms with van der Waals surface area (Å²) in [6.45, 7) is 4.00. The van der Waals surface area contributed by atoms with Crippen molar-refractivity contribution in [1.82, 2.24) is 4.98 Å². The molecule has 3 rings (SSSR count). The molecule has 0 aliphatic heterocycles. The smallest absolute Gasteiger partial charge is 0.150 e. The molecule has 0 radical (unpaired) electrons. The highest BCUT2D eigenvalue weighted by Gasteiger charge is 2.06. The summed E-state index contributed by atoms with van der Waals surface area (Å²) in [5.74, 6) is 6.31. The number of fused-ring (bicyclic) bond motifs is 3. The number of pyridine rings is 1. The molecule has 3 aromatic rings. The van der Waals surface area contributed by atoms with Crippen LogP contribution in [-0.2, 0) is 0 Å². The molecule has 2 aromatic carbocycles. The molecule has 0 amide bonds. The normalized spacial score (nSPS) is 11.1. The molecule has 4 N–H and O–H groups in total. The fourth-order valence-corrected chi connectivity index (χ4v) is 2.26. The summed E-state index contributed by atoms with van der Waals surface area (Å²) in [6, 6.07) is 11.7. The number of aromatic nitrogens is 1. The van der Waals surface area contributed by atoms with Crippen molar-refractivity contribution in [3.8, 4) is 5.75 Å². The molecule has 114 valence electrons. The van der Waals surface area contributed by atoms with Gasteiger partial charge in [0.15, 0.2) is 0 Å². The zero-order valence-corrected chi connectivity index (χ0v) is 13.0. The van der Waals surface area contributed by atoms with Crippen LogP contribution < -0.4 is 16.3 Å². The van der Waals surface area contributed by atoms with Crippen LogP contribution in [0, 0.1) is 0 Å². The summed E-state index contributed by atoms with van der Waals surface area (Å²) in [7, 11) is 1.65. The Labute approximate surface area is 129 Å². The van der Waals surface area contributed by atoms with Gasteiger partial charge in [0, 0.05) is 22.5 Å². The predicted molar refractivity (Wildman–Crippen MR) is 92.1 cm³/mol. The van der Waals surface area contributed by atoms with E-state index in [1.807, 2.05) is 56.4 Å². The maximum atomic E-state index is 5.72. The molecule has 0 atom stereocenters. The van der Waals surface area contributed by atoms with Gasteiger partial charge in [-0.3, -0.25) is 4.98 Å². The molecular weight excluding hydrogens is 276 g/mol. The average molecular weight is 296 g/mol. The number of nitrogens with zero attached hydrogens (tertiary/aromatic N) is 2. The van der Waals surface area contributed by atoms with Crippen molar-refractivity contribution >= 4 is 27.5 Å². The molecule has 0 bridgehead atoms. The second-order valence-electron chi connectivity index (χ2n) is 4.46. The zero-order chi connectivity index (χ0) is 16.1. The van der Waals surface area contributed by atoms with Crippen LogP contribution in [-0.4, -0.2) is 17.9 Å². The van der Waals surface area contributed by atoms with E-state index in [1.165, 1.54) is 0 Å². The van der Waals surface area contributed by atoms with Crippen molar-refractivity contribution < 1.29 is 4.74 Å². The molecule has 5 nitrogen and oxygen atoms in total. The van der Waals surface area contributed by atoms with E-state index in [0.29, 0.717) is 5.84 Å². The highest BCUT2D eigenvalue weighted by Crippen LogP contribution is 2.27. The van der Waals surface area contributed by atoms with Crippen molar-refractivity contribution in [2.24, 2.45) is 16.7 Å². The van der Waals surface area contributed by atoms with E-state index in [2.05, 4.69) is 10.1 Å². The number of methoxy groups -OCH3 is 1. The SMILES string of the molecule is CC.COc1ccc2c(cnc3cc(/C(N)=N/N)ccc32)c1. The monoisotopic (exact) mass is 296 g/mol. The van der Waals surface area contributed by atoms with Gasteiger partial charge in [-0.15, -0.1) is 0 Å². The number of ether oxygens (including phenoxy) is 1. The first-order chi connectivity index (χ1) is 10.7. The number of rotatable bonds is 2. The standard InChI is InChI=1S/C15H14N4O.C2H6/c1-20-11-3-5-12-10(6-11)8-18-14-7-9(15(16)19-17)2-4-13(12)14;1-2/h2-8H,17H2,1H3,(H2,16,19);1-2H3. The van der Waals surface area contributed by atoms with Crippen molar-refractivity contribution in [1.29, 1.82) is 0 Å². The number of hydrogen-bond donors (Lipinski definition) is 2. The van der Waals surface area contributed by atoms with Gasteiger partial charge in [0.05, 0.1) is 12.6 Å². The molecule has 0 saturated heterocycles. The van der Waals surface area contributed by atoms with E-state index in [9.17, 15) is 0 Å². The number of nitrogens with two attached hydrogens (primary N) is 2. The lowest BCUT2D eigenvalue weighted by molar-refractivity contribution is 0.415. The molecular formula is C17H20N4O. The van der Waals surface area contributed by atoms with Gasteiger partial charge in [0.1, 0.15) is 11.6 Å². The van der Waals surface area contributed by atoms with E-state index in [4.69, 9.17) is 16.3 Å². The van der Waals surface area contributed by atoms with E-state index < -0.39 is 0 Å². The second-order valence-corrected chi connectivity index (χ2v) is 4.46. The lowest BCUT2D eigenvalue weighted by Gasteiger charge is -2.07. The minimum atomic E-state index is 0.295. The van der Waals surface area contributed by atoms with Gasteiger partial charge in [-0.25, -0.2) is 0 Å². The molecule has 1 aromatic heterocycles. The minimum Gasteiger partial charge on any atom is -0.497 e. The molecule has 0 aliphatic rings. The van der Waals surface area contributed by atoms with Gasteiger partial charge in [0.2, 0.25) is 0 Å². The third-order valence-corrected chi connectivity index (χ3v) is 3.32. The van der Waals surface area contributed by atoms with Crippen LogP contribution in [0.5, 0.6) is 5.75 Å². The molecule has 5 heteroatoms.